The number of nitrogens with one attached hydrogen (secondary N) is 1. The number of aromatic nitrogens is 1. The summed E-state index contributed by atoms with van der Waals surface area (Å²) in [5.74, 6) is 0.499. The maximum absolute atomic E-state index is 13.0. The lowest BCUT2D eigenvalue weighted by molar-refractivity contribution is 0.0989. The Morgan fingerprint density at radius 2 is 1.81 bits per heavy atom. The molecule has 0 bridgehead atoms. The van der Waals surface area contributed by atoms with Crippen LogP contribution in [0, 0.1) is 0 Å². The molecule has 4 rings (SSSR count). The van der Waals surface area contributed by atoms with E-state index < -0.39 is 10.0 Å². The van der Waals surface area contributed by atoms with E-state index in [1.807, 2.05) is 6.07 Å². The van der Waals surface area contributed by atoms with Crippen LogP contribution in [0.5, 0.6) is 11.5 Å². The van der Waals surface area contributed by atoms with E-state index in [1.54, 1.807) is 47.6 Å². The number of carbonyl (C=O) groups is 1. The number of sulfonamides is 1. The van der Waals surface area contributed by atoms with Crippen LogP contribution in [0.1, 0.15) is 15.9 Å². The van der Waals surface area contributed by atoms with Crippen molar-refractivity contribution >= 4 is 27.3 Å². The van der Waals surface area contributed by atoms with Crippen LogP contribution < -0.4 is 19.1 Å². The third-order valence-electron chi connectivity index (χ3n) is 5.07. The molecule has 2 aromatic carbocycles. The number of amides is 1. The minimum Gasteiger partial charge on any atom is -0.497 e. The van der Waals surface area contributed by atoms with Crippen molar-refractivity contribution in [1.29, 1.82) is 0 Å². The third-order valence-corrected chi connectivity index (χ3v) is 6.49. The van der Waals surface area contributed by atoms with Gasteiger partial charge in [-0.1, -0.05) is 6.07 Å². The van der Waals surface area contributed by atoms with Crippen LogP contribution in [0.2, 0.25) is 0 Å². The maximum atomic E-state index is 13.0. The van der Waals surface area contributed by atoms with Gasteiger partial charge in [-0.05, 0) is 48.4 Å². The van der Waals surface area contributed by atoms with Crippen molar-refractivity contribution in [2.75, 3.05) is 30.4 Å². The van der Waals surface area contributed by atoms with E-state index >= 15 is 0 Å². The van der Waals surface area contributed by atoms with Crippen molar-refractivity contribution in [3.05, 3.63) is 72.1 Å². The fourth-order valence-corrected chi connectivity index (χ4v) is 4.71. The number of benzene rings is 2. The SMILES string of the molecule is COc1ccc(S(=O)(=O)Nc2ccc3c(c2)N(C(=O)c2ccncc2)CC3)c(OC)c1. The van der Waals surface area contributed by atoms with Gasteiger partial charge >= 0.3 is 0 Å². The minimum atomic E-state index is -3.93. The second-order valence-electron chi connectivity index (χ2n) is 6.91. The first kappa shape index (κ1) is 20.7. The second kappa shape index (κ2) is 8.27. The number of hydrogen-bond donors (Lipinski definition) is 1. The van der Waals surface area contributed by atoms with Crippen molar-refractivity contribution in [2.45, 2.75) is 11.3 Å². The normalized spacial score (nSPS) is 12.9. The van der Waals surface area contributed by atoms with E-state index in [0.717, 1.165) is 5.56 Å². The summed E-state index contributed by atoms with van der Waals surface area (Å²) in [5.41, 5.74) is 2.54. The van der Waals surface area contributed by atoms with E-state index in [0.29, 0.717) is 35.7 Å². The lowest BCUT2D eigenvalue weighted by atomic mass is 10.1. The molecule has 0 fully saturated rings. The first-order chi connectivity index (χ1) is 14.9. The summed E-state index contributed by atoms with van der Waals surface area (Å²) in [4.78, 5) is 18.5. The zero-order chi connectivity index (χ0) is 22.0. The molecular formula is C22H21N3O5S. The van der Waals surface area contributed by atoms with Crippen LogP contribution in [0.4, 0.5) is 11.4 Å². The molecule has 1 amide bonds. The van der Waals surface area contributed by atoms with Crippen molar-refractivity contribution in [3.63, 3.8) is 0 Å². The van der Waals surface area contributed by atoms with Gasteiger partial charge in [-0.3, -0.25) is 14.5 Å². The number of fused-ring (bicyclic) bond motifs is 1. The van der Waals surface area contributed by atoms with E-state index in [9.17, 15) is 13.2 Å². The Bertz CT molecular complexity index is 1230. The van der Waals surface area contributed by atoms with Crippen LogP contribution in [0.15, 0.2) is 65.8 Å². The molecule has 160 valence electrons. The first-order valence-corrected chi connectivity index (χ1v) is 11.0. The van der Waals surface area contributed by atoms with E-state index in [-0.39, 0.29) is 16.6 Å². The Balaban J connectivity index is 1.63. The van der Waals surface area contributed by atoms with Gasteiger partial charge in [-0.15, -0.1) is 0 Å². The van der Waals surface area contributed by atoms with E-state index in [2.05, 4.69) is 9.71 Å². The zero-order valence-electron chi connectivity index (χ0n) is 17.0. The highest BCUT2D eigenvalue weighted by Gasteiger charge is 2.27. The monoisotopic (exact) mass is 439 g/mol. The number of hydrogen-bond acceptors (Lipinski definition) is 6. The Labute approximate surface area is 180 Å². The zero-order valence-corrected chi connectivity index (χ0v) is 17.8. The van der Waals surface area contributed by atoms with E-state index in [1.165, 1.54) is 26.4 Å². The molecule has 31 heavy (non-hydrogen) atoms. The molecule has 0 unspecified atom stereocenters. The van der Waals surface area contributed by atoms with Gasteiger partial charge in [0.2, 0.25) is 0 Å². The van der Waals surface area contributed by atoms with Crippen LogP contribution in [-0.2, 0) is 16.4 Å². The summed E-state index contributed by atoms with van der Waals surface area (Å²) < 4.78 is 38.9. The number of rotatable bonds is 6. The smallest absolute Gasteiger partial charge is 0.265 e. The van der Waals surface area contributed by atoms with Gasteiger partial charge in [0.25, 0.3) is 15.9 Å². The molecule has 0 atom stereocenters. The highest BCUT2D eigenvalue weighted by Crippen LogP contribution is 2.34. The third kappa shape index (κ3) is 4.04. The van der Waals surface area contributed by atoms with Gasteiger partial charge in [-0.2, -0.15) is 0 Å². The summed E-state index contributed by atoms with van der Waals surface area (Å²) in [6.07, 6.45) is 3.83. The van der Waals surface area contributed by atoms with Gasteiger partial charge < -0.3 is 14.4 Å². The Hall–Kier alpha value is -3.59. The topological polar surface area (TPSA) is 97.8 Å². The van der Waals surface area contributed by atoms with Crippen molar-refractivity contribution in [2.24, 2.45) is 0 Å². The van der Waals surface area contributed by atoms with Crippen molar-refractivity contribution in [1.82, 2.24) is 4.98 Å². The summed E-state index contributed by atoms with van der Waals surface area (Å²) in [5, 5.41) is 0. The highest BCUT2D eigenvalue weighted by atomic mass is 32.2. The summed E-state index contributed by atoms with van der Waals surface area (Å²) in [6.45, 7) is 0.527. The van der Waals surface area contributed by atoms with Crippen molar-refractivity contribution in [3.8, 4) is 11.5 Å². The molecule has 0 spiro atoms. The Morgan fingerprint density at radius 1 is 1.03 bits per heavy atom. The fraction of sp³-hybridized carbons (Fsp3) is 0.182. The molecule has 0 aliphatic carbocycles. The van der Waals surface area contributed by atoms with Crippen LogP contribution in [-0.4, -0.2) is 40.1 Å². The molecule has 9 heteroatoms. The van der Waals surface area contributed by atoms with Crippen molar-refractivity contribution < 1.29 is 22.7 Å². The van der Waals surface area contributed by atoms with Gasteiger partial charge in [0.05, 0.1) is 19.9 Å². The largest absolute Gasteiger partial charge is 0.497 e. The number of nitrogens with zero attached hydrogens (tertiary/aromatic N) is 2. The number of pyridine rings is 1. The van der Waals surface area contributed by atoms with Crippen LogP contribution in [0.25, 0.3) is 0 Å². The minimum absolute atomic E-state index is 0.0129. The standard InChI is InChI=1S/C22H21N3O5S/c1-29-18-5-6-21(20(14-18)30-2)31(27,28)24-17-4-3-15-9-12-25(19(15)13-17)22(26)16-7-10-23-11-8-16/h3-8,10-11,13-14,24H,9,12H2,1-2H3. The Kier molecular flexibility index (Phi) is 5.51. The van der Waals surface area contributed by atoms with Crippen LogP contribution >= 0.6 is 0 Å². The molecular weight excluding hydrogens is 418 g/mol. The molecule has 1 aliphatic rings. The van der Waals surface area contributed by atoms with Gasteiger partial charge in [-0.25, -0.2) is 8.42 Å². The van der Waals surface area contributed by atoms with Gasteiger partial charge in [0, 0.05) is 36.3 Å². The predicted octanol–water partition coefficient (Wildman–Crippen LogP) is 3.10. The number of anilines is 2. The van der Waals surface area contributed by atoms with Gasteiger partial charge in [0.15, 0.2) is 0 Å². The summed E-state index contributed by atoms with van der Waals surface area (Å²) >= 11 is 0. The molecule has 1 aromatic heterocycles. The molecule has 0 saturated heterocycles. The van der Waals surface area contributed by atoms with Crippen LogP contribution in [0.3, 0.4) is 0 Å². The number of methoxy groups -OCH3 is 2. The van der Waals surface area contributed by atoms with Gasteiger partial charge in [0.1, 0.15) is 16.4 Å². The molecule has 0 radical (unpaired) electrons. The first-order valence-electron chi connectivity index (χ1n) is 9.52. The Morgan fingerprint density at radius 3 is 2.52 bits per heavy atom. The summed E-state index contributed by atoms with van der Waals surface area (Å²) in [7, 11) is -1.05. The number of carbonyl (C=O) groups excluding carboxylic acids is 1. The molecule has 0 saturated carbocycles. The molecule has 3 aromatic rings. The lowest BCUT2D eigenvalue weighted by Gasteiger charge is -2.18. The molecule has 1 aliphatic heterocycles. The second-order valence-corrected chi connectivity index (χ2v) is 8.56. The highest BCUT2D eigenvalue weighted by molar-refractivity contribution is 7.92. The maximum Gasteiger partial charge on any atom is 0.265 e. The quantitative estimate of drug-likeness (QED) is 0.634. The number of ether oxygens (including phenoxy) is 2. The average molecular weight is 439 g/mol. The molecule has 2 heterocycles. The summed E-state index contributed by atoms with van der Waals surface area (Å²) in [6, 6.07) is 13.0. The lowest BCUT2D eigenvalue weighted by Crippen LogP contribution is -2.28. The molecule has 1 N–H and O–H groups in total. The fourth-order valence-electron chi connectivity index (χ4n) is 3.51. The molecule has 8 nitrogen and oxygen atoms in total. The average Bonchev–Trinajstić information content (AvgIpc) is 3.21. The predicted molar refractivity (Wildman–Crippen MR) is 116 cm³/mol. The van der Waals surface area contributed by atoms with E-state index in [4.69, 9.17) is 9.47 Å².